The number of carbonyl (C=O) groups is 3. The van der Waals surface area contributed by atoms with E-state index < -0.39 is 17.9 Å². The van der Waals surface area contributed by atoms with Gasteiger partial charge in [-0.05, 0) is 49.6 Å². The highest BCUT2D eigenvalue weighted by atomic mass is 32.2. The summed E-state index contributed by atoms with van der Waals surface area (Å²) in [5.41, 5.74) is 1.84. The molecule has 7 heteroatoms. The van der Waals surface area contributed by atoms with Gasteiger partial charge in [-0.15, -0.1) is 0 Å². The van der Waals surface area contributed by atoms with Crippen LogP contribution < -0.4 is 10.1 Å². The zero-order valence-electron chi connectivity index (χ0n) is 16.5. The first kappa shape index (κ1) is 20.9. The maximum absolute atomic E-state index is 12.8. The van der Waals surface area contributed by atoms with E-state index in [1.54, 1.807) is 36.0 Å². The largest absolute Gasteiger partial charge is 0.492 e. The molecule has 6 nitrogen and oxygen atoms in total. The number of imide groups is 1. The van der Waals surface area contributed by atoms with Gasteiger partial charge in [0.05, 0.1) is 17.7 Å². The van der Waals surface area contributed by atoms with Crippen molar-refractivity contribution in [1.82, 2.24) is 10.2 Å². The Kier molecular flexibility index (Phi) is 6.93. The van der Waals surface area contributed by atoms with Crippen LogP contribution in [-0.4, -0.2) is 53.8 Å². The Morgan fingerprint density at radius 3 is 2.28 bits per heavy atom. The Morgan fingerprint density at radius 2 is 1.69 bits per heavy atom. The molecule has 3 rings (SSSR count). The number of fused-ring (bicyclic) bond motifs is 1. The van der Waals surface area contributed by atoms with E-state index in [9.17, 15) is 14.4 Å². The van der Waals surface area contributed by atoms with Crippen molar-refractivity contribution in [3.05, 3.63) is 65.2 Å². The Bertz CT molecular complexity index is 863. The fourth-order valence-corrected chi connectivity index (χ4v) is 3.65. The fraction of sp³-hybridized carbons (Fsp3) is 0.318. The molecule has 1 atom stereocenters. The monoisotopic (exact) mass is 412 g/mol. The molecule has 0 aliphatic carbocycles. The fourth-order valence-electron chi connectivity index (χ4n) is 3.19. The number of hydrogen-bond acceptors (Lipinski definition) is 5. The molecule has 1 heterocycles. The van der Waals surface area contributed by atoms with E-state index in [4.69, 9.17) is 4.74 Å². The Balaban J connectivity index is 1.62. The zero-order chi connectivity index (χ0) is 20.8. The summed E-state index contributed by atoms with van der Waals surface area (Å²) >= 11 is 1.57. The number of aryl methyl sites for hydroxylation is 1. The first-order valence-corrected chi connectivity index (χ1v) is 10.9. The number of ether oxygens (including phenoxy) is 1. The molecule has 2 aromatic rings. The molecular weight excluding hydrogens is 388 g/mol. The lowest BCUT2D eigenvalue weighted by atomic mass is 10.1. The summed E-state index contributed by atoms with van der Waals surface area (Å²) in [6.07, 6.45) is 2.32. The van der Waals surface area contributed by atoms with Crippen molar-refractivity contribution in [3.8, 4) is 5.75 Å². The van der Waals surface area contributed by atoms with Crippen LogP contribution in [0, 0.1) is 6.92 Å². The number of nitrogens with zero attached hydrogens (tertiary/aromatic N) is 1. The van der Waals surface area contributed by atoms with Gasteiger partial charge >= 0.3 is 0 Å². The van der Waals surface area contributed by atoms with Gasteiger partial charge in [0.25, 0.3) is 11.8 Å². The summed E-state index contributed by atoms with van der Waals surface area (Å²) in [6, 6.07) is 13.5. The molecule has 152 valence electrons. The molecule has 1 aliphatic rings. The van der Waals surface area contributed by atoms with Gasteiger partial charge in [-0.25, -0.2) is 0 Å². The molecule has 0 spiro atoms. The molecule has 29 heavy (non-hydrogen) atoms. The van der Waals surface area contributed by atoms with Crippen LogP contribution in [0.4, 0.5) is 0 Å². The third-order valence-corrected chi connectivity index (χ3v) is 5.37. The van der Waals surface area contributed by atoms with Crippen LogP contribution in [0.5, 0.6) is 5.75 Å². The van der Waals surface area contributed by atoms with Gasteiger partial charge < -0.3 is 10.1 Å². The number of carbonyl (C=O) groups excluding carboxylic acids is 3. The van der Waals surface area contributed by atoms with E-state index >= 15 is 0 Å². The van der Waals surface area contributed by atoms with E-state index in [1.807, 2.05) is 37.4 Å². The lowest BCUT2D eigenvalue weighted by Crippen LogP contribution is -2.50. The molecule has 1 aliphatic heterocycles. The Hall–Kier alpha value is -2.80. The van der Waals surface area contributed by atoms with Crippen LogP contribution in [0.15, 0.2) is 48.5 Å². The SMILES string of the molecule is CSCCC(C(=O)NCCOc1ccc(C)cc1)N1C(=O)c2ccccc2C1=O. The smallest absolute Gasteiger partial charge is 0.262 e. The molecular formula is C22H24N2O4S. The molecule has 1 N–H and O–H groups in total. The average Bonchev–Trinajstić information content (AvgIpc) is 2.98. The Morgan fingerprint density at radius 1 is 1.07 bits per heavy atom. The number of amides is 3. The van der Waals surface area contributed by atoms with Crippen molar-refractivity contribution in [2.24, 2.45) is 0 Å². The maximum atomic E-state index is 12.8. The summed E-state index contributed by atoms with van der Waals surface area (Å²) in [7, 11) is 0. The predicted molar refractivity (Wildman–Crippen MR) is 113 cm³/mol. The topological polar surface area (TPSA) is 75.7 Å². The van der Waals surface area contributed by atoms with Gasteiger partial charge in [0.2, 0.25) is 5.91 Å². The summed E-state index contributed by atoms with van der Waals surface area (Å²) in [4.78, 5) is 39.4. The molecule has 0 saturated heterocycles. The highest BCUT2D eigenvalue weighted by Gasteiger charge is 2.42. The third-order valence-electron chi connectivity index (χ3n) is 4.73. The van der Waals surface area contributed by atoms with E-state index in [0.717, 1.165) is 16.2 Å². The molecule has 1 unspecified atom stereocenters. The van der Waals surface area contributed by atoms with E-state index in [1.165, 1.54) is 0 Å². The van der Waals surface area contributed by atoms with Gasteiger partial charge in [0.15, 0.2) is 0 Å². The van der Waals surface area contributed by atoms with E-state index in [0.29, 0.717) is 29.9 Å². The summed E-state index contributed by atoms with van der Waals surface area (Å²) < 4.78 is 5.62. The third kappa shape index (κ3) is 4.79. The van der Waals surface area contributed by atoms with Crippen molar-refractivity contribution in [2.75, 3.05) is 25.2 Å². The van der Waals surface area contributed by atoms with Crippen LogP contribution in [0.1, 0.15) is 32.7 Å². The van der Waals surface area contributed by atoms with Crippen molar-refractivity contribution in [2.45, 2.75) is 19.4 Å². The first-order valence-electron chi connectivity index (χ1n) is 9.46. The van der Waals surface area contributed by atoms with Crippen molar-refractivity contribution in [1.29, 1.82) is 0 Å². The van der Waals surface area contributed by atoms with Gasteiger partial charge in [-0.3, -0.25) is 19.3 Å². The molecule has 0 bridgehead atoms. The van der Waals surface area contributed by atoms with Gasteiger partial charge in [0, 0.05) is 0 Å². The molecule has 3 amide bonds. The second-order valence-corrected chi connectivity index (χ2v) is 7.76. The highest BCUT2D eigenvalue weighted by molar-refractivity contribution is 7.98. The molecule has 0 radical (unpaired) electrons. The quantitative estimate of drug-likeness (QED) is 0.506. The Labute approximate surface area is 174 Å². The summed E-state index contributed by atoms with van der Waals surface area (Å²) in [6.45, 7) is 2.58. The molecule has 0 fully saturated rings. The van der Waals surface area contributed by atoms with Crippen LogP contribution in [-0.2, 0) is 4.79 Å². The van der Waals surface area contributed by atoms with Crippen molar-refractivity contribution < 1.29 is 19.1 Å². The van der Waals surface area contributed by atoms with Gasteiger partial charge in [0.1, 0.15) is 18.4 Å². The zero-order valence-corrected chi connectivity index (χ0v) is 17.3. The number of nitrogens with one attached hydrogen (secondary N) is 1. The average molecular weight is 413 g/mol. The molecule has 0 aromatic heterocycles. The lowest BCUT2D eigenvalue weighted by molar-refractivity contribution is -0.125. The number of benzene rings is 2. The lowest BCUT2D eigenvalue weighted by Gasteiger charge is -2.25. The van der Waals surface area contributed by atoms with Crippen molar-refractivity contribution in [3.63, 3.8) is 0 Å². The molecule has 0 saturated carbocycles. The maximum Gasteiger partial charge on any atom is 0.262 e. The van der Waals surface area contributed by atoms with Crippen LogP contribution >= 0.6 is 11.8 Å². The molecule has 2 aromatic carbocycles. The summed E-state index contributed by atoms with van der Waals surface area (Å²) in [5.74, 6) is 0.210. The van der Waals surface area contributed by atoms with E-state index in [-0.39, 0.29) is 12.5 Å². The predicted octanol–water partition coefficient (Wildman–Crippen LogP) is 2.91. The minimum absolute atomic E-state index is 0.283. The summed E-state index contributed by atoms with van der Waals surface area (Å²) in [5, 5.41) is 2.80. The first-order chi connectivity index (χ1) is 14.0. The van der Waals surface area contributed by atoms with Crippen molar-refractivity contribution >= 4 is 29.5 Å². The minimum atomic E-state index is -0.839. The standard InChI is InChI=1S/C22H24N2O4S/c1-15-7-9-16(10-8-15)28-13-12-23-20(25)19(11-14-29-2)24-21(26)17-5-3-4-6-18(17)22(24)27/h3-10,19H,11-14H2,1-2H3,(H,23,25). The van der Waals surface area contributed by atoms with Crippen LogP contribution in [0.2, 0.25) is 0 Å². The van der Waals surface area contributed by atoms with Crippen LogP contribution in [0.25, 0.3) is 0 Å². The number of rotatable bonds is 9. The second-order valence-electron chi connectivity index (χ2n) is 6.78. The highest BCUT2D eigenvalue weighted by Crippen LogP contribution is 2.26. The van der Waals surface area contributed by atoms with Gasteiger partial charge in [-0.1, -0.05) is 29.8 Å². The van der Waals surface area contributed by atoms with E-state index in [2.05, 4.69) is 5.32 Å². The normalized spacial score (nSPS) is 13.9. The second kappa shape index (κ2) is 9.60. The number of thioether (sulfide) groups is 1. The number of hydrogen-bond donors (Lipinski definition) is 1. The van der Waals surface area contributed by atoms with Gasteiger partial charge in [-0.2, -0.15) is 11.8 Å². The van der Waals surface area contributed by atoms with Crippen LogP contribution in [0.3, 0.4) is 0 Å². The minimum Gasteiger partial charge on any atom is -0.492 e.